The van der Waals surface area contributed by atoms with Gasteiger partial charge >= 0.3 is 0 Å². The fourth-order valence-corrected chi connectivity index (χ4v) is 1.38. The molecule has 76 valence electrons. The molecule has 2 rings (SSSR count). The van der Waals surface area contributed by atoms with E-state index in [1.807, 2.05) is 13.0 Å². The van der Waals surface area contributed by atoms with Crippen LogP contribution in [-0.4, -0.2) is 25.0 Å². The molecular weight excluding hydrogens is 182 g/mol. The Hall–Kier alpha value is -1.42. The van der Waals surface area contributed by atoms with Gasteiger partial charge in [-0.15, -0.1) is 0 Å². The summed E-state index contributed by atoms with van der Waals surface area (Å²) in [5.41, 5.74) is 0.719. The maximum absolute atomic E-state index is 9.47. The summed E-state index contributed by atoms with van der Waals surface area (Å²) in [5.74, 6) is 1.44. The van der Waals surface area contributed by atoms with Crippen LogP contribution in [0.1, 0.15) is 6.92 Å². The van der Waals surface area contributed by atoms with Gasteiger partial charge in [-0.3, -0.25) is 10.3 Å². The largest absolute Gasteiger partial charge is 0.486 e. The third kappa shape index (κ3) is 1.61. The monoisotopic (exact) mass is 195 g/mol. The zero-order valence-electron chi connectivity index (χ0n) is 8.06. The Kier molecular flexibility index (Phi) is 2.45. The number of nitrogens with zero attached hydrogens (tertiary/aromatic N) is 1. The van der Waals surface area contributed by atoms with Crippen LogP contribution in [0.3, 0.4) is 0 Å². The van der Waals surface area contributed by atoms with Gasteiger partial charge in [0.25, 0.3) is 0 Å². The molecule has 1 N–H and O–H groups in total. The normalized spacial score (nSPS) is 13.9. The molecule has 1 aromatic carbocycles. The number of benzene rings is 1. The van der Waals surface area contributed by atoms with E-state index in [2.05, 4.69) is 0 Å². The number of ether oxygens (including phenoxy) is 2. The van der Waals surface area contributed by atoms with Gasteiger partial charge in [0, 0.05) is 12.6 Å². The minimum atomic E-state index is 0.541. The Morgan fingerprint density at radius 2 is 2.00 bits per heavy atom. The van der Waals surface area contributed by atoms with E-state index in [0.29, 0.717) is 25.5 Å². The molecule has 0 spiro atoms. The van der Waals surface area contributed by atoms with Crippen LogP contribution < -0.4 is 14.5 Å². The molecule has 0 atom stereocenters. The molecule has 1 aliphatic rings. The molecule has 0 saturated carbocycles. The number of anilines is 1. The summed E-state index contributed by atoms with van der Waals surface area (Å²) >= 11 is 0. The van der Waals surface area contributed by atoms with Gasteiger partial charge in [0.2, 0.25) is 0 Å². The van der Waals surface area contributed by atoms with Gasteiger partial charge in [-0.2, -0.15) is 0 Å². The molecule has 4 heteroatoms. The summed E-state index contributed by atoms with van der Waals surface area (Å²) in [5, 5.41) is 10.6. The van der Waals surface area contributed by atoms with Crippen LogP contribution >= 0.6 is 0 Å². The first-order chi connectivity index (χ1) is 6.81. The molecular formula is C10H13NO3. The number of hydroxylamine groups is 1. The van der Waals surface area contributed by atoms with Crippen molar-refractivity contribution in [2.75, 3.05) is 24.8 Å². The van der Waals surface area contributed by atoms with Gasteiger partial charge < -0.3 is 9.47 Å². The Morgan fingerprint density at radius 1 is 1.29 bits per heavy atom. The van der Waals surface area contributed by atoms with E-state index < -0.39 is 0 Å². The number of hydrogen-bond acceptors (Lipinski definition) is 4. The summed E-state index contributed by atoms with van der Waals surface area (Å²) in [6.45, 7) is 3.56. The highest BCUT2D eigenvalue weighted by Crippen LogP contribution is 2.33. The smallest absolute Gasteiger partial charge is 0.163 e. The molecule has 4 nitrogen and oxygen atoms in total. The van der Waals surface area contributed by atoms with Crippen molar-refractivity contribution in [2.45, 2.75) is 6.92 Å². The van der Waals surface area contributed by atoms with Crippen LogP contribution in [0.25, 0.3) is 0 Å². The molecule has 0 saturated heterocycles. The maximum Gasteiger partial charge on any atom is 0.163 e. The third-order valence-electron chi connectivity index (χ3n) is 2.12. The quantitative estimate of drug-likeness (QED) is 0.729. The van der Waals surface area contributed by atoms with E-state index in [1.54, 1.807) is 12.1 Å². The fraction of sp³-hybridized carbons (Fsp3) is 0.400. The molecule has 1 aromatic rings. The van der Waals surface area contributed by atoms with Gasteiger partial charge in [0.15, 0.2) is 11.5 Å². The molecule has 0 bridgehead atoms. The van der Waals surface area contributed by atoms with Crippen molar-refractivity contribution in [3.8, 4) is 11.5 Å². The third-order valence-corrected chi connectivity index (χ3v) is 2.12. The molecule has 0 radical (unpaired) electrons. The van der Waals surface area contributed by atoms with E-state index in [-0.39, 0.29) is 0 Å². The lowest BCUT2D eigenvalue weighted by Gasteiger charge is -2.21. The lowest BCUT2D eigenvalue weighted by atomic mass is 10.2. The van der Waals surface area contributed by atoms with Crippen LogP contribution in [0.4, 0.5) is 5.69 Å². The van der Waals surface area contributed by atoms with Crippen molar-refractivity contribution in [3.63, 3.8) is 0 Å². The second kappa shape index (κ2) is 3.75. The van der Waals surface area contributed by atoms with Crippen LogP contribution in [0.2, 0.25) is 0 Å². The molecule has 0 amide bonds. The first-order valence-corrected chi connectivity index (χ1v) is 4.67. The van der Waals surface area contributed by atoms with E-state index in [9.17, 15) is 5.21 Å². The van der Waals surface area contributed by atoms with Gasteiger partial charge in [-0.1, -0.05) is 0 Å². The zero-order chi connectivity index (χ0) is 9.97. The van der Waals surface area contributed by atoms with Crippen LogP contribution in [0.5, 0.6) is 11.5 Å². The Morgan fingerprint density at radius 3 is 2.71 bits per heavy atom. The number of hydrogen-bond donors (Lipinski definition) is 1. The molecule has 14 heavy (non-hydrogen) atoms. The Balaban J connectivity index is 2.29. The highest BCUT2D eigenvalue weighted by molar-refractivity contribution is 5.55. The van der Waals surface area contributed by atoms with Gasteiger partial charge in [-0.05, 0) is 19.1 Å². The zero-order valence-corrected chi connectivity index (χ0v) is 8.06. The van der Waals surface area contributed by atoms with Crippen molar-refractivity contribution < 1.29 is 14.7 Å². The SMILES string of the molecule is CCN(O)c1ccc2c(c1)OCCO2. The molecule has 1 heterocycles. The average molecular weight is 195 g/mol. The summed E-state index contributed by atoms with van der Waals surface area (Å²) in [6, 6.07) is 5.39. The summed E-state index contributed by atoms with van der Waals surface area (Å²) in [6.07, 6.45) is 0. The Bertz CT molecular complexity index is 327. The first-order valence-electron chi connectivity index (χ1n) is 4.67. The predicted octanol–water partition coefficient (Wildman–Crippen LogP) is 1.67. The van der Waals surface area contributed by atoms with Gasteiger partial charge in [0.05, 0.1) is 5.69 Å². The predicted molar refractivity (Wildman–Crippen MR) is 52.2 cm³/mol. The second-order valence-corrected chi connectivity index (χ2v) is 3.04. The van der Waals surface area contributed by atoms with E-state index in [0.717, 1.165) is 16.5 Å². The standard InChI is InChI=1S/C10H13NO3/c1-2-11(12)8-3-4-9-10(7-8)14-6-5-13-9/h3-4,7,12H,2,5-6H2,1H3. The Labute approximate surface area is 82.6 Å². The minimum absolute atomic E-state index is 0.541. The topological polar surface area (TPSA) is 41.9 Å². The van der Waals surface area contributed by atoms with E-state index in [4.69, 9.17) is 9.47 Å². The lowest BCUT2D eigenvalue weighted by molar-refractivity contribution is 0.171. The molecule has 0 aromatic heterocycles. The first kappa shape index (κ1) is 9.15. The highest BCUT2D eigenvalue weighted by atomic mass is 16.6. The van der Waals surface area contributed by atoms with Gasteiger partial charge in [0.1, 0.15) is 13.2 Å². The second-order valence-electron chi connectivity index (χ2n) is 3.04. The van der Waals surface area contributed by atoms with Crippen LogP contribution in [0.15, 0.2) is 18.2 Å². The molecule has 0 aliphatic carbocycles. The molecule has 0 unspecified atom stereocenters. The number of rotatable bonds is 2. The maximum atomic E-state index is 9.47. The van der Waals surface area contributed by atoms with Crippen LogP contribution in [-0.2, 0) is 0 Å². The highest BCUT2D eigenvalue weighted by Gasteiger charge is 2.12. The van der Waals surface area contributed by atoms with Crippen molar-refractivity contribution >= 4 is 5.69 Å². The van der Waals surface area contributed by atoms with Crippen LogP contribution in [0, 0.1) is 0 Å². The molecule has 0 fully saturated rings. The van der Waals surface area contributed by atoms with Crippen molar-refractivity contribution in [1.29, 1.82) is 0 Å². The summed E-state index contributed by atoms with van der Waals surface area (Å²) in [4.78, 5) is 0. The molecule has 1 aliphatic heterocycles. The lowest BCUT2D eigenvalue weighted by Crippen LogP contribution is -2.19. The average Bonchev–Trinajstić information content (AvgIpc) is 2.27. The van der Waals surface area contributed by atoms with E-state index in [1.165, 1.54) is 0 Å². The number of fused-ring (bicyclic) bond motifs is 1. The van der Waals surface area contributed by atoms with Gasteiger partial charge in [-0.25, -0.2) is 0 Å². The van der Waals surface area contributed by atoms with Crippen molar-refractivity contribution in [1.82, 2.24) is 0 Å². The minimum Gasteiger partial charge on any atom is -0.486 e. The fourth-order valence-electron chi connectivity index (χ4n) is 1.38. The summed E-state index contributed by atoms with van der Waals surface area (Å²) < 4.78 is 10.8. The van der Waals surface area contributed by atoms with Crippen molar-refractivity contribution in [3.05, 3.63) is 18.2 Å². The van der Waals surface area contributed by atoms with Crippen molar-refractivity contribution in [2.24, 2.45) is 0 Å². The summed E-state index contributed by atoms with van der Waals surface area (Å²) in [7, 11) is 0. The van der Waals surface area contributed by atoms with E-state index >= 15 is 0 Å².